The van der Waals surface area contributed by atoms with Gasteiger partial charge in [0.25, 0.3) is 6.47 Å². The van der Waals surface area contributed by atoms with E-state index in [2.05, 4.69) is 34.4 Å². The zero-order valence-corrected chi connectivity index (χ0v) is 40.6. The smallest absolute Gasteiger partial charge is 0.320 e. The molecule has 0 spiro atoms. The third-order valence-corrected chi connectivity index (χ3v) is 11.8. The second kappa shape index (κ2) is 24.5. The number of allylic oxidation sites excluding steroid dienone is 1. The number of hydrogen-bond donors (Lipinski definition) is 2. The summed E-state index contributed by atoms with van der Waals surface area (Å²) in [6.45, 7) is 19.2. The first-order valence-electron chi connectivity index (χ1n) is 22.7. The van der Waals surface area contributed by atoms with Crippen molar-refractivity contribution in [3.63, 3.8) is 0 Å². The Morgan fingerprint density at radius 1 is 1.00 bits per heavy atom. The minimum Gasteiger partial charge on any atom is -0.508 e. The molecule has 0 radical (unpaired) electrons. The second-order valence-electron chi connectivity index (χ2n) is 18.3. The van der Waals surface area contributed by atoms with Crippen molar-refractivity contribution in [2.45, 2.75) is 85.5 Å². The number of carbonyl (C=O) groups is 5. The summed E-state index contributed by atoms with van der Waals surface area (Å²) < 4.78 is 13.2. The number of ether oxygens (including phenoxy) is 2. The summed E-state index contributed by atoms with van der Waals surface area (Å²) in [4.78, 5) is 76.0. The number of aromatic nitrogens is 1. The summed E-state index contributed by atoms with van der Waals surface area (Å²) in [7, 11) is 7.08. The average molecular weight is 910 g/mol. The number of fused-ring (bicyclic) bond motifs is 1. The van der Waals surface area contributed by atoms with E-state index in [-0.39, 0.29) is 42.7 Å². The van der Waals surface area contributed by atoms with Crippen LogP contribution in [0.5, 0.6) is 5.75 Å². The lowest BCUT2D eigenvalue weighted by atomic mass is 9.85. The highest BCUT2D eigenvalue weighted by molar-refractivity contribution is 5.93. The van der Waals surface area contributed by atoms with Crippen LogP contribution >= 0.6 is 0 Å². The molecule has 3 aromatic rings. The Labute approximate surface area is 390 Å². The van der Waals surface area contributed by atoms with E-state index in [1.54, 1.807) is 54.5 Å². The highest BCUT2D eigenvalue weighted by Gasteiger charge is 2.34. The fourth-order valence-electron chi connectivity index (χ4n) is 8.44. The van der Waals surface area contributed by atoms with Crippen molar-refractivity contribution in [2.24, 2.45) is 16.3 Å². The molecule has 0 aliphatic carbocycles. The van der Waals surface area contributed by atoms with Crippen LogP contribution in [0.4, 0.5) is 4.79 Å². The van der Waals surface area contributed by atoms with Crippen molar-refractivity contribution in [1.29, 1.82) is 0 Å². The van der Waals surface area contributed by atoms with E-state index < -0.39 is 23.4 Å². The molecule has 0 bridgehead atoms. The molecule has 2 N–H and O–H groups in total. The SMILES string of the molecule is C=CC=N/C(=C/c1c(CC(C)(C)COC=O)c2cc(-c3cc(O)cc(CC(C=O)NC(=O)C(C(C)C)N(C)C(=O)N4CCCN(C(=O)/C=C/CN(C)C)CC4)c3)ccc2n1CC)C(C)OC. The third-order valence-electron chi connectivity index (χ3n) is 11.8. The van der Waals surface area contributed by atoms with E-state index in [1.165, 1.54) is 4.90 Å². The highest BCUT2D eigenvalue weighted by atomic mass is 16.5. The third kappa shape index (κ3) is 14.0. The van der Waals surface area contributed by atoms with Gasteiger partial charge in [-0.25, -0.2) is 4.79 Å². The maximum atomic E-state index is 14.0. The summed E-state index contributed by atoms with van der Waals surface area (Å²) in [5, 5.41) is 14.9. The topological polar surface area (TPSA) is 166 Å². The van der Waals surface area contributed by atoms with Crippen LogP contribution in [0.2, 0.25) is 0 Å². The number of methoxy groups -OCH3 is 1. The minimum atomic E-state index is -0.958. The molecule has 15 heteroatoms. The molecule has 3 unspecified atom stereocenters. The maximum absolute atomic E-state index is 14.0. The number of carbonyl (C=O) groups excluding carboxylic acids is 5. The molecule has 1 aromatic heterocycles. The van der Waals surface area contributed by atoms with Gasteiger partial charge in [-0.15, -0.1) is 0 Å². The van der Waals surface area contributed by atoms with Gasteiger partial charge in [-0.2, -0.15) is 0 Å². The molecular formula is C51H71N7O8. The van der Waals surface area contributed by atoms with E-state index in [0.717, 1.165) is 27.7 Å². The van der Waals surface area contributed by atoms with Crippen LogP contribution in [-0.2, 0) is 48.0 Å². The van der Waals surface area contributed by atoms with Gasteiger partial charge < -0.3 is 48.9 Å². The van der Waals surface area contributed by atoms with Gasteiger partial charge in [-0.1, -0.05) is 58.6 Å². The van der Waals surface area contributed by atoms with Crippen LogP contribution in [0, 0.1) is 11.3 Å². The van der Waals surface area contributed by atoms with Crippen LogP contribution in [0.25, 0.3) is 28.1 Å². The number of aryl methyl sites for hydroxylation is 1. The summed E-state index contributed by atoms with van der Waals surface area (Å²) in [5.41, 5.74) is 5.34. The van der Waals surface area contributed by atoms with Crippen LogP contribution in [-0.4, -0.2) is 152 Å². The quantitative estimate of drug-likeness (QED) is 0.0663. The molecule has 1 fully saturated rings. The monoisotopic (exact) mass is 910 g/mol. The number of benzene rings is 2. The van der Waals surface area contributed by atoms with Crippen molar-refractivity contribution in [2.75, 3.05) is 67.6 Å². The Kier molecular flexibility index (Phi) is 19.5. The summed E-state index contributed by atoms with van der Waals surface area (Å²) in [5.74, 6) is -0.870. The standard InChI is InChI=1S/C51H71N7O8/c1-12-19-52-44(36(5)65-11)30-46-43(31-51(6,7)33-66-34-60)42-29-38(17-18-45(42)58(46)13-2)39-25-37(27-41(61)28-39)26-40(32-59)53-49(63)48(35(3)4)55(10)50(64)57-22-15-21-56(23-24-57)47(62)16-14-20-54(8)9/h12,14,16-19,25,27-30,32,34-36,40,48,61H,1,13,15,20-24,26,31,33H2,2-11H3,(H,53,63)/b16-14+,44-30+,52-19?. The Balaban J connectivity index is 1.62. The first kappa shape index (κ1) is 52.6. The molecule has 2 aromatic carbocycles. The van der Waals surface area contributed by atoms with E-state index in [9.17, 15) is 29.1 Å². The maximum Gasteiger partial charge on any atom is 0.320 e. The number of urea groups is 1. The average Bonchev–Trinajstić information content (AvgIpc) is 3.38. The van der Waals surface area contributed by atoms with Crippen LogP contribution < -0.4 is 5.32 Å². The number of amides is 4. The number of aldehydes is 1. The van der Waals surface area contributed by atoms with Crippen LogP contribution in [0.1, 0.15) is 64.8 Å². The molecule has 1 aliphatic heterocycles. The molecule has 2 heterocycles. The number of rotatable bonds is 22. The van der Waals surface area contributed by atoms with E-state index in [0.29, 0.717) is 81.7 Å². The van der Waals surface area contributed by atoms with Crippen LogP contribution in [0.3, 0.4) is 0 Å². The van der Waals surface area contributed by atoms with E-state index in [4.69, 9.17) is 9.47 Å². The fourth-order valence-corrected chi connectivity index (χ4v) is 8.44. The van der Waals surface area contributed by atoms with Crippen molar-refractivity contribution < 1.29 is 38.6 Å². The number of aliphatic imine (C=N–C) groups is 1. The summed E-state index contributed by atoms with van der Waals surface area (Å²) in [6.07, 6.45) is 10.2. The van der Waals surface area contributed by atoms with Gasteiger partial charge in [0.05, 0.1) is 24.4 Å². The Hall–Kier alpha value is -6.06. The van der Waals surface area contributed by atoms with Gasteiger partial charge in [-0.3, -0.25) is 19.4 Å². The summed E-state index contributed by atoms with van der Waals surface area (Å²) >= 11 is 0. The number of phenolic OH excluding ortho intramolecular Hbond substituents is 1. The minimum absolute atomic E-state index is 0.00773. The number of aromatic hydroxyl groups is 1. The molecule has 3 atom stereocenters. The number of likely N-dealkylation sites (N-methyl/N-ethyl adjacent to an activating group) is 2. The molecule has 1 saturated heterocycles. The molecule has 1 aliphatic rings. The molecule has 0 saturated carbocycles. The summed E-state index contributed by atoms with van der Waals surface area (Å²) in [6, 6.07) is 9.07. The van der Waals surface area contributed by atoms with Gasteiger partial charge in [0.1, 0.15) is 18.1 Å². The number of nitrogens with zero attached hydrogens (tertiary/aromatic N) is 6. The van der Waals surface area contributed by atoms with Gasteiger partial charge in [0.2, 0.25) is 11.8 Å². The van der Waals surface area contributed by atoms with Crippen LogP contribution in [0.15, 0.2) is 71.9 Å². The molecule has 4 rings (SSSR count). The van der Waals surface area contributed by atoms with Crippen molar-refractivity contribution in [3.05, 3.63) is 83.7 Å². The predicted molar refractivity (Wildman–Crippen MR) is 261 cm³/mol. The Morgan fingerprint density at radius 3 is 2.35 bits per heavy atom. The first-order valence-corrected chi connectivity index (χ1v) is 22.7. The lowest BCUT2D eigenvalue weighted by Gasteiger charge is -2.34. The lowest BCUT2D eigenvalue weighted by Crippen LogP contribution is -2.56. The lowest BCUT2D eigenvalue weighted by molar-refractivity contribution is -0.131. The second-order valence-corrected chi connectivity index (χ2v) is 18.3. The molecule has 15 nitrogen and oxygen atoms in total. The van der Waals surface area contributed by atoms with Gasteiger partial charge in [-0.05, 0) is 106 Å². The van der Waals surface area contributed by atoms with Gasteiger partial charge >= 0.3 is 6.03 Å². The van der Waals surface area contributed by atoms with Gasteiger partial charge in [0, 0.05) is 87.7 Å². The molecule has 4 amide bonds. The van der Waals surface area contributed by atoms with Crippen molar-refractivity contribution in [3.8, 4) is 16.9 Å². The van der Waals surface area contributed by atoms with E-state index in [1.807, 2.05) is 84.0 Å². The number of phenols is 1. The first-order chi connectivity index (χ1) is 31.4. The Morgan fingerprint density at radius 2 is 1.71 bits per heavy atom. The zero-order chi connectivity index (χ0) is 48.7. The van der Waals surface area contributed by atoms with Crippen molar-refractivity contribution in [1.82, 2.24) is 29.5 Å². The number of nitrogens with one attached hydrogen (secondary N) is 1. The highest BCUT2D eigenvalue weighted by Crippen LogP contribution is 2.37. The largest absolute Gasteiger partial charge is 0.508 e. The molecule has 358 valence electrons. The van der Waals surface area contributed by atoms with Crippen molar-refractivity contribution >= 4 is 53.8 Å². The predicted octanol–water partition coefficient (Wildman–Crippen LogP) is 6.36. The number of hydrogen-bond acceptors (Lipinski definition) is 10. The normalized spacial score (nSPS) is 15.3. The van der Waals surface area contributed by atoms with E-state index >= 15 is 0 Å². The van der Waals surface area contributed by atoms with Gasteiger partial charge in [0.15, 0.2) is 0 Å². The zero-order valence-electron chi connectivity index (χ0n) is 40.6. The molecular weight excluding hydrogens is 839 g/mol. The molecule has 66 heavy (non-hydrogen) atoms. The fraction of sp³-hybridized carbons (Fsp3) is 0.490. The Bertz CT molecular complexity index is 2280.